The lowest BCUT2D eigenvalue weighted by molar-refractivity contribution is -0.160. The normalized spacial score (nSPS) is 18.8. The van der Waals surface area contributed by atoms with Crippen molar-refractivity contribution < 1.29 is 19.0 Å². The molecule has 0 bridgehead atoms. The highest BCUT2D eigenvalue weighted by molar-refractivity contribution is 6.30. The fourth-order valence-electron chi connectivity index (χ4n) is 4.16. The van der Waals surface area contributed by atoms with Crippen LogP contribution in [0.4, 0.5) is 4.39 Å². The van der Waals surface area contributed by atoms with Gasteiger partial charge in [-0.05, 0) is 36.4 Å². The molecule has 2 heterocycles. The number of hydrogen-bond acceptors (Lipinski definition) is 4. The summed E-state index contributed by atoms with van der Waals surface area (Å²) in [5.41, 5.74) is 3.42. The number of carbonyl (C=O) groups excluding carboxylic acids is 1. The van der Waals surface area contributed by atoms with Gasteiger partial charge in [0.15, 0.2) is 0 Å². The minimum Gasteiger partial charge on any atom is -0.462 e. The van der Waals surface area contributed by atoms with Gasteiger partial charge in [-0.2, -0.15) is 0 Å². The van der Waals surface area contributed by atoms with Gasteiger partial charge in [0.25, 0.3) is 0 Å². The molecule has 1 aromatic heterocycles. The van der Waals surface area contributed by atoms with Crippen LogP contribution in [0.5, 0.6) is 0 Å². The lowest BCUT2D eigenvalue weighted by Gasteiger charge is -2.26. The summed E-state index contributed by atoms with van der Waals surface area (Å²) in [5.74, 6) is 0.350. The largest absolute Gasteiger partial charge is 0.462 e. The van der Waals surface area contributed by atoms with Crippen LogP contribution < -0.4 is 0 Å². The molecule has 7 heteroatoms. The SMILES string of the molecule is CC(C)c1nc(-c2ccc(F)cc2)c(-c2ccc(Cl)cc2)n1CCC1CC(O)CC(=O)O1. The Morgan fingerprint density at radius 2 is 1.81 bits per heavy atom. The highest BCUT2D eigenvalue weighted by Crippen LogP contribution is 2.36. The molecule has 1 N–H and O–H groups in total. The van der Waals surface area contributed by atoms with E-state index in [-0.39, 0.29) is 30.2 Å². The van der Waals surface area contributed by atoms with E-state index >= 15 is 0 Å². The number of hydrogen-bond donors (Lipinski definition) is 1. The van der Waals surface area contributed by atoms with Crippen molar-refractivity contribution in [3.63, 3.8) is 0 Å². The Bertz CT molecular complexity index is 1090. The molecular weight excluding hydrogens is 431 g/mol. The molecule has 0 radical (unpaired) electrons. The maximum Gasteiger partial charge on any atom is 0.308 e. The molecule has 32 heavy (non-hydrogen) atoms. The first-order chi connectivity index (χ1) is 15.3. The second-order valence-corrected chi connectivity index (χ2v) is 8.92. The van der Waals surface area contributed by atoms with Gasteiger partial charge in [-0.3, -0.25) is 4.79 Å². The predicted octanol–water partition coefficient (Wildman–Crippen LogP) is 5.59. The molecule has 4 rings (SSSR count). The standard InChI is InChI=1S/C25H26ClFN2O3/c1-15(2)25-28-23(16-5-9-19(27)10-6-16)24(17-3-7-18(26)8-4-17)29(25)12-11-21-13-20(30)14-22(31)32-21/h3-10,15,20-21,30H,11-14H2,1-2H3. The molecule has 1 saturated heterocycles. The summed E-state index contributed by atoms with van der Waals surface area (Å²) in [4.78, 5) is 16.7. The maximum absolute atomic E-state index is 13.6. The van der Waals surface area contributed by atoms with E-state index in [2.05, 4.69) is 18.4 Å². The van der Waals surface area contributed by atoms with Gasteiger partial charge in [0.1, 0.15) is 17.7 Å². The van der Waals surface area contributed by atoms with Gasteiger partial charge >= 0.3 is 5.97 Å². The number of aliphatic hydroxyl groups excluding tert-OH is 1. The summed E-state index contributed by atoms with van der Waals surface area (Å²) < 4.78 is 21.2. The number of carbonyl (C=O) groups is 1. The molecule has 1 aliphatic rings. The van der Waals surface area contributed by atoms with Crippen molar-refractivity contribution in [1.82, 2.24) is 9.55 Å². The fourth-order valence-corrected chi connectivity index (χ4v) is 4.28. The molecule has 3 aromatic rings. The van der Waals surface area contributed by atoms with Crippen LogP contribution in [-0.2, 0) is 16.1 Å². The summed E-state index contributed by atoms with van der Waals surface area (Å²) in [6, 6.07) is 13.9. The summed E-state index contributed by atoms with van der Waals surface area (Å²) in [6.45, 7) is 4.71. The number of aromatic nitrogens is 2. The third-order valence-electron chi connectivity index (χ3n) is 5.66. The zero-order chi connectivity index (χ0) is 22.8. The van der Waals surface area contributed by atoms with Crippen LogP contribution in [0.3, 0.4) is 0 Å². The number of rotatable bonds is 6. The molecule has 1 fully saturated rings. The molecular formula is C25H26ClFN2O3. The molecule has 2 aromatic carbocycles. The van der Waals surface area contributed by atoms with E-state index in [9.17, 15) is 14.3 Å². The number of halogens is 2. The van der Waals surface area contributed by atoms with E-state index in [0.29, 0.717) is 24.4 Å². The van der Waals surface area contributed by atoms with Crippen LogP contribution in [0.1, 0.15) is 44.9 Å². The van der Waals surface area contributed by atoms with E-state index < -0.39 is 6.10 Å². The van der Waals surface area contributed by atoms with Crippen molar-refractivity contribution in [2.24, 2.45) is 0 Å². The first-order valence-corrected chi connectivity index (χ1v) is 11.2. The average Bonchev–Trinajstić information content (AvgIpc) is 3.12. The zero-order valence-electron chi connectivity index (χ0n) is 18.1. The lowest BCUT2D eigenvalue weighted by atomic mass is 10.0. The molecule has 2 atom stereocenters. The van der Waals surface area contributed by atoms with Gasteiger partial charge in [-0.1, -0.05) is 37.6 Å². The van der Waals surface area contributed by atoms with E-state index in [1.54, 1.807) is 12.1 Å². The summed E-state index contributed by atoms with van der Waals surface area (Å²) in [7, 11) is 0. The topological polar surface area (TPSA) is 64.3 Å². The van der Waals surface area contributed by atoms with Gasteiger partial charge in [0.2, 0.25) is 0 Å². The monoisotopic (exact) mass is 456 g/mol. The van der Waals surface area contributed by atoms with Gasteiger partial charge < -0.3 is 14.4 Å². The maximum atomic E-state index is 13.6. The average molecular weight is 457 g/mol. The number of imidazole rings is 1. The Balaban J connectivity index is 1.78. The van der Waals surface area contributed by atoms with Crippen LogP contribution in [-0.4, -0.2) is 32.8 Å². The molecule has 0 spiro atoms. The Morgan fingerprint density at radius 3 is 2.44 bits per heavy atom. The Labute approximate surface area is 191 Å². The first-order valence-electron chi connectivity index (χ1n) is 10.8. The van der Waals surface area contributed by atoms with Crippen LogP contribution in [0.25, 0.3) is 22.5 Å². The van der Waals surface area contributed by atoms with E-state index in [1.165, 1.54) is 12.1 Å². The van der Waals surface area contributed by atoms with Gasteiger partial charge in [0.05, 0.1) is 23.9 Å². The number of ether oxygens (including phenoxy) is 1. The van der Waals surface area contributed by atoms with Crippen molar-refractivity contribution in [1.29, 1.82) is 0 Å². The van der Waals surface area contributed by atoms with Crippen molar-refractivity contribution in [3.8, 4) is 22.5 Å². The minimum absolute atomic E-state index is 0.0452. The van der Waals surface area contributed by atoms with Crippen LogP contribution in [0.15, 0.2) is 48.5 Å². The minimum atomic E-state index is -0.667. The molecule has 0 saturated carbocycles. The zero-order valence-corrected chi connectivity index (χ0v) is 18.8. The van der Waals surface area contributed by atoms with Crippen molar-refractivity contribution >= 4 is 17.6 Å². The Morgan fingerprint density at radius 1 is 1.16 bits per heavy atom. The highest BCUT2D eigenvalue weighted by atomic mass is 35.5. The fraction of sp³-hybridized carbons (Fsp3) is 0.360. The summed E-state index contributed by atoms with van der Waals surface area (Å²) in [6.07, 6.45) is 0.0184. The third-order valence-corrected chi connectivity index (χ3v) is 5.91. The Hall–Kier alpha value is -2.70. The smallest absolute Gasteiger partial charge is 0.308 e. The van der Waals surface area contributed by atoms with Crippen LogP contribution in [0, 0.1) is 5.82 Å². The predicted molar refractivity (Wildman–Crippen MR) is 122 cm³/mol. The van der Waals surface area contributed by atoms with Gasteiger partial charge in [0, 0.05) is 41.5 Å². The number of benzene rings is 2. The van der Waals surface area contributed by atoms with Crippen molar-refractivity contribution in [3.05, 3.63) is 65.2 Å². The van der Waals surface area contributed by atoms with Crippen LogP contribution in [0.2, 0.25) is 5.02 Å². The number of aliphatic hydroxyl groups is 1. The molecule has 5 nitrogen and oxygen atoms in total. The summed E-state index contributed by atoms with van der Waals surface area (Å²) in [5, 5.41) is 10.6. The van der Waals surface area contributed by atoms with Crippen LogP contribution >= 0.6 is 11.6 Å². The molecule has 0 amide bonds. The second kappa shape index (κ2) is 9.43. The lowest BCUT2D eigenvalue weighted by Crippen LogP contribution is -2.33. The molecule has 1 aliphatic heterocycles. The molecule has 0 aliphatic carbocycles. The Kier molecular flexibility index (Phi) is 6.63. The van der Waals surface area contributed by atoms with E-state index in [1.807, 2.05) is 24.3 Å². The van der Waals surface area contributed by atoms with Gasteiger partial charge in [-0.15, -0.1) is 0 Å². The number of nitrogens with zero attached hydrogens (tertiary/aromatic N) is 2. The van der Waals surface area contributed by atoms with Crippen molar-refractivity contribution in [2.75, 3.05) is 0 Å². The van der Waals surface area contributed by atoms with Gasteiger partial charge in [-0.25, -0.2) is 9.37 Å². The summed E-state index contributed by atoms with van der Waals surface area (Å²) >= 11 is 6.12. The van der Waals surface area contributed by atoms with E-state index in [4.69, 9.17) is 21.3 Å². The first kappa shape index (κ1) is 22.5. The van der Waals surface area contributed by atoms with E-state index in [0.717, 1.165) is 28.3 Å². The second-order valence-electron chi connectivity index (χ2n) is 8.48. The van der Waals surface area contributed by atoms with Crippen molar-refractivity contribution in [2.45, 2.75) is 57.8 Å². The number of cyclic esters (lactones) is 1. The molecule has 2 unspecified atom stereocenters. The number of esters is 1. The third kappa shape index (κ3) is 4.87. The highest BCUT2D eigenvalue weighted by Gasteiger charge is 2.28. The molecule has 168 valence electrons. The quantitative estimate of drug-likeness (QED) is 0.491.